The number of aliphatic hydroxyl groups is 1. The molecule has 2 rings (SSSR count). The second-order valence-corrected chi connectivity index (χ2v) is 4.57. The van der Waals surface area contributed by atoms with E-state index in [1.165, 1.54) is 0 Å². The highest BCUT2D eigenvalue weighted by Crippen LogP contribution is 2.37. The molecular weight excluding hydrogens is 204 g/mol. The molecule has 1 aliphatic rings. The minimum Gasteiger partial charge on any atom is -0.385 e. The lowest BCUT2D eigenvalue weighted by atomic mass is 9.79. The van der Waals surface area contributed by atoms with Gasteiger partial charge >= 0.3 is 0 Å². The largest absolute Gasteiger partial charge is 0.385 e. The summed E-state index contributed by atoms with van der Waals surface area (Å²) in [5.41, 5.74) is 0.183. The quantitative estimate of drug-likeness (QED) is 0.849. The standard InChI is InChI=1S/C12H20N2O2/c1-3-14-9-10(8-13-14)12(15)6-4-5-11(7-12)16-2/h8-9,11,15H,3-7H2,1-2H3. The first-order chi connectivity index (χ1) is 7.68. The highest BCUT2D eigenvalue weighted by molar-refractivity contribution is 5.16. The van der Waals surface area contributed by atoms with E-state index in [4.69, 9.17) is 4.74 Å². The van der Waals surface area contributed by atoms with Crippen molar-refractivity contribution in [1.82, 2.24) is 9.78 Å². The van der Waals surface area contributed by atoms with E-state index < -0.39 is 5.60 Å². The zero-order valence-electron chi connectivity index (χ0n) is 10.0. The summed E-state index contributed by atoms with van der Waals surface area (Å²) < 4.78 is 7.20. The van der Waals surface area contributed by atoms with E-state index in [1.807, 2.05) is 17.8 Å². The zero-order valence-corrected chi connectivity index (χ0v) is 10.0. The molecule has 0 saturated heterocycles. The Labute approximate surface area is 96.2 Å². The molecule has 1 N–H and O–H groups in total. The lowest BCUT2D eigenvalue weighted by molar-refractivity contribution is -0.0632. The molecule has 0 radical (unpaired) electrons. The SMILES string of the molecule is CCn1cc(C2(O)CCCC(OC)C2)cn1. The lowest BCUT2D eigenvalue weighted by Gasteiger charge is -2.35. The van der Waals surface area contributed by atoms with E-state index in [0.717, 1.165) is 31.4 Å². The van der Waals surface area contributed by atoms with Crippen LogP contribution in [0.1, 0.15) is 38.2 Å². The minimum atomic E-state index is -0.744. The van der Waals surface area contributed by atoms with Gasteiger partial charge in [0, 0.05) is 31.8 Å². The number of nitrogens with zero attached hydrogens (tertiary/aromatic N) is 2. The maximum atomic E-state index is 10.6. The number of aryl methyl sites for hydroxylation is 1. The summed E-state index contributed by atoms with van der Waals surface area (Å²) in [6.45, 7) is 2.88. The maximum absolute atomic E-state index is 10.6. The number of aromatic nitrogens is 2. The monoisotopic (exact) mass is 224 g/mol. The van der Waals surface area contributed by atoms with Crippen molar-refractivity contribution in [1.29, 1.82) is 0 Å². The molecule has 1 aromatic rings. The number of rotatable bonds is 3. The summed E-state index contributed by atoms with van der Waals surface area (Å²) >= 11 is 0. The molecule has 90 valence electrons. The van der Waals surface area contributed by atoms with Crippen LogP contribution in [0, 0.1) is 0 Å². The zero-order chi connectivity index (χ0) is 11.6. The van der Waals surface area contributed by atoms with Gasteiger partial charge in [-0.1, -0.05) is 0 Å². The van der Waals surface area contributed by atoms with E-state index in [9.17, 15) is 5.11 Å². The number of hydrogen-bond donors (Lipinski definition) is 1. The van der Waals surface area contributed by atoms with Crippen molar-refractivity contribution in [3.05, 3.63) is 18.0 Å². The van der Waals surface area contributed by atoms with Crippen LogP contribution in [-0.2, 0) is 16.9 Å². The first kappa shape index (κ1) is 11.6. The topological polar surface area (TPSA) is 47.3 Å². The third-order valence-electron chi connectivity index (χ3n) is 3.51. The van der Waals surface area contributed by atoms with Crippen molar-refractivity contribution < 1.29 is 9.84 Å². The van der Waals surface area contributed by atoms with E-state index in [1.54, 1.807) is 13.3 Å². The Morgan fingerprint density at radius 2 is 2.50 bits per heavy atom. The van der Waals surface area contributed by atoms with Crippen LogP contribution >= 0.6 is 0 Å². The Morgan fingerprint density at radius 1 is 1.69 bits per heavy atom. The molecule has 0 spiro atoms. The van der Waals surface area contributed by atoms with E-state index in [2.05, 4.69) is 5.10 Å². The van der Waals surface area contributed by atoms with Gasteiger partial charge in [0.2, 0.25) is 0 Å². The Balaban J connectivity index is 2.16. The van der Waals surface area contributed by atoms with Gasteiger partial charge in [0.15, 0.2) is 0 Å². The van der Waals surface area contributed by atoms with Crippen LogP contribution in [0.15, 0.2) is 12.4 Å². The van der Waals surface area contributed by atoms with E-state index in [0.29, 0.717) is 6.42 Å². The summed E-state index contributed by atoms with van der Waals surface area (Å²) in [7, 11) is 1.71. The van der Waals surface area contributed by atoms with Gasteiger partial charge in [-0.2, -0.15) is 5.10 Å². The first-order valence-electron chi connectivity index (χ1n) is 5.96. The molecule has 0 aromatic carbocycles. The predicted octanol–water partition coefficient (Wildman–Crippen LogP) is 1.68. The third kappa shape index (κ3) is 2.13. The fraction of sp³-hybridized carbons (Fsp3) is 0.750. The van der Waals surface area contributed by atoms with E-state index >= 15 is 0 Å². The Hall–Kier alpha value is -0.870. The second kappa shape index (κ2) is 4.55. The third-order valence-corrected chi connectivity index (χ3v) is 3.51. The molecule has 0 bridgehead atoms. The Kier molecular flexibility index (Phi) is 3.30. The van der Waals surface area contributed by atoms with Gasteiger partial charge in [0.1, 0.15) is 0 Å². The fourth-order valence-corrected chi connectivity index (χ4v) is 2.44. The van der Waals surface area contributed by atoms with Crippen LogP contribution in [0.3, 0.4) is 0 Å². The van der Waals surface area contributed by atoms with Crippen LogP contribution in [0.4, 0.5) is 0 Å². The van der Waals surface area contributed by atoms with Gasteiger partial charge < -0.3 is 9.84 Å². The first-order valence-corrected chi connectivity index (χ1v) is 5.96. The number of methoxy groups -OCH3 is 1. The highest BCUT2D eigenvalue weighted by atomic mass is 16.5. The minimum absolute atomic E-state index is 0.170. The van der Waals surface area contributed by atoms with Gasteiger partial charge in [-0.15, -0.1) is 0 Å². The molecule has 1 heterocycles. The molecule has 16 heavy (non-hydrogen) atoms. The summed E-state index contributed by atoms with van der Waals surface area (Å²) in [5, 5.41) is 14.8. The summed E-state index contributed by atoms with van der Waals surface area (Å²) in [5.74, 6) is 0. The summed E-state index contributed by atoms with van der Waals surface area (Å²) in [4.78, 5) is 0. The van der Waals surface area contributed by atoms with Crippen LogP contribution in [0.5, 0.6) is 0 Å². The average molecular weight is 224 g/mol. The molecule has 0 aliphatic heterocycles. The molecule has 1 aliphatic carbocycles. The van der Waals surface area contributed by atoms with Crippen molar-refractivity contribution in [2.24, 2.45) is 0 Å². The maximum Gasteiger partial charge on any atom is 0.0951 e. The van der Waals surface area contributed by atoms with Crippen LogP contribution < -0.4 is 0 Å². The number of ether oxygens (including phenoxy) is 1. The normalized spacial score (nSPS) is 30.6. The van der Waals surface area contributed by atoms with Crippen LogP contribution in [-0.4, -0.2) is 28.1 Å². The molecule has 0 amide bonds. The second-order valence-electron chi connectivity index (χ2n) is 4.57. The molecule has 2 unspecified atom stereocenters. The summed E-state index contributed by atoms with van der Waals surface area (Å²) in [6, 6.07) is 0. The molecule has 1 fully saturated rings. The Bertz CT molecular complexity index is 351. The lowest BCUT2D eigenvalue weighted by Crippen LogP contribution is -2.35. The van der Waals surface area contributed by atoms with Gasteiger partial charge in [-0.3, -0.25) is 4.68 Å². The number of hydrogen-bond acceptors (Lipinski definition) is 3. The highest BCUT2D eigenvalue weighted by Gasteiger charge is 2.36. The molecule has 4 heteroatoms. The van der Waals surface area contributed by atoms with Crippen molar-refractivity contribution in [2.45, 2.75) is 50.9 Å². The van der Waals surface area contributed by atoms with Gasteiger partial charge in [0.05, 0.1) is 17.9 Å². The van der Waals surface area contributed by atoms with Gasteiger partial charge in [-0.05, 0) is 26.2 Å². The van der Waals surface area contributed by atoms with Gasteiger partial charge in [0.25, 0.3) is 0 Å². The molecule has 2 atom stereocenters. The van der Waals surface area contributed by atoms with Crippen LogP contribution in [0.2, 0.25) is 0 Å². The average Bonchev–Trinajstić information content (AvgIpc) is 2.78. The predicted molar refractivity (Wildman–Crippen MR) is 61.1 cm³/mol. The smallest absolute Gasteiger partial charge is 0.0951 e. The van der Waals surface area contributed by atoms with Crippen LogP contribution in [0.25, 0.3) is 0 Å². The molecule has 1 aromatic heterocycles. The van der Waals surface area contributed by atoms with Crippen molar-refractivity contribution in [3.8, 4) is 0 Å². The van der Waals surface area contributed by atoms with Gasteiger partial charge in [-0.25, -0.2) is 0 Å². The van der Waals surface area contributed by atoms with Crippen molar-refractivity contribution in [2.75, 3.05) is 7.11 Å². The van der Waals surface area contributed by atoms with E-state index in [-0.39, 0.29) is 6.10 Å². The summed E-state index contributed by atoms with van der Waals surface area (Å²) in [6.07, 6.45) is 7.43. The van der Waals surface area contributed by atoms with Crippen molar-refractivity contribution in [3.63, 3.8) is 0 Å². The fourth-order valence-electron chi connectivity index (χ4n) is 2.44. The Morgan fingerprint density at radius 3 is 3.12 bits per heavy atom. The van der Waals surface area contributed by atoms with Crippen molar-refractivity contribution >= 4 is 0 Å². The molecular formula is C12H20N2O2. The molecule has 4 nitrogen and oxygen atoms in total. The molecule has 1 saturated carbocycles.